The summed E-state index contributed by atoms with van der Waals surface area (Å²) in [6.45, 7) is -1.97. The van der Waals surface area contributed by atoms with Crippen LogP contribution < -0.4 is 38.5 Å². The van der Waals surface area contributed by atoms with E-state index in [1.807, 2.05) is 5.32 Å². The first-order valence-corrected chi connectivity index (χ1v) is 9.88. The van der Waals surface area contributed by atoms with E-state index < -0.39 is 79.8 Å². The number of aliphatic hydroxyl groups excluding tert-OH is 1. The molecule has 34 heavy (non-hydrogen) atoms. The van der Waals surface area contributed by atoms with E-state index in [0.717, 1.165) is 0 Å². The van der Waals surface area contributed by atoms with Gasteiger partial charge in [0.2, 0.25) is 23.6 Å². The minimum atomic E-state index is -1.64. The lowest BCUT2D eigenvalue weighted by Crippen LogP contribution is -2.56. The van der Waals surface area contributed by atoms with Gasteiger partial charge < -0.3 is 53.8 Å². The van der Waals surface area contributed by atoms with Gasteiger partial charge in [-0.25, -0.2) is 4.79 Å². The van der Waals surface area contributed by atoms with Gasteiger partial charge in [-0.1, -0.05) is 0 Å². The number of carboxylic acids is 2. The Morgan fingerprint density at radius 3 is 1.97 bits per heavy atom. The molecule has 0 rings (SSSR count). The number of amides is 4. The van der Waals surface area contributed by atoms with Crippen molar-refractivity contribution in [3.8, 4) is 0 Å². The quantitative estimate of drug-likeness (QED) is 0.0549. The average Bonchev–Trinajstić information content (AvgIpc) is 2.76. The highest BCUT2D eigenvalue weighted by molar-refractivity contribution is 5.95. The summed E-state index contributed by atoms with van der Waals surface area (Å²) < 4.78 is 0. The molecule has 0 saturated carbocycles. The predicted octanol–water partition coefficient (Wildman–Crippen LogP) is -5.88. The van der Waals surface area contributed by atoms with E-state index in [0.29, 0.717) is 0 Å². The zero-order valence-electron chi connectivity index (χ0n) is 18.2. The Hall–Kier alpha value is -3.99. The molecule has 0 aliphatic heterocycles. The van der Waals surface area contributed by atoms with Gasteiger partial charge in [-0.2, -0.15) is 0 Å². The fourth-order valence-corrected chi connectivity index (χ4v) is 2.40. The van der Waals surface area contributed by atoms with Crippen LogP contribution in [0.5, 0.6) is 0 Å². The first-order valence-electron chi connectivity index (χ1n) is 9.88. The second-order valence-corrected chi connectivity index (χ2v) is 6.79. The molecule has 0 aromatic carbocycles. The zero-order valence-corrected chi connectivity index (χ0v) is 18.2. The molecule has 17 nitrogen and oxygen atoms in total. The molecule has 0 aromatic heterocycles. The van der Waals surface area contributed by atoms with Gasteiger partial charge in [-0.3, -0.25) is 29.0 Å². The van der Waals surface area contributed by atoms with E-state index in [4.69, 9.17) is 32.5 Å². The van der Waals surface area contributed by atoms with Crippen molar-refractivity contribution in [2.75, 3.05) is 26.2 Å². The number of hydrogen-bond donors (Lipinski definition) is 10. The number of nitrogens with one attached hydrogen (secondary N) is 4. The number of hydrogen-bond acceptors (Lipinski definition) is 9. The lowest BCUT2D eigenvalue weighted by atomic mass is 10.1. The number of carboxylic acid groups (broad SMARTS) is 2. The van der Waals surface area contributed by atoms with Gasteiger partial charge in [0.15, 0.2) is 5.96 Å². The summed E-state index contributed by atoms with van der Waals surface area (Å²) in [6, 6.07) is -4.44. The molecule has 0 unspecified atom stereocenters. The summed E-state index contributed by atoms with van der Waals surface area (Å²) in [7, 11) is 0. The molecular weight excluding hydrogens is 460 g/mol. The molecule has 0 heterocycles. The minimum Gasteiger partial charge on any atom is -0.481 e. The van der Waals surface area contributed by atoms with Crippen LogP contribution >= 0.6 is 0 Å². The highest BCUT2D eigenvalue weighted by Gasteiger charge is 2.28. The molecule has 0 fully saturated rings. The number of guanidine groups is 1. The smallest absolute Gasteiger partial charge is 0.328 e. The molecule has 0 bridgehead atoms. The highest BCUT2D eigenvalue weighted by Crippen LogP contribution is 2.02. The highest BCUT2D eigenvalue weighted by atomic mass is 16.4. The Balaban J connectivity index is 5.19. The lowest BCUT2D eigenvalue weighted by Gasteiger charge is -2.22. The third kappa shape index (κ3) is 12.8. The topological polar surface area (TPSA) is 302 Å². The van der Waals surface area contributed by atoms with Crippen LogP contribution in [0, 0.1) is 0 Å². The zero-order chi connectivity index (χ0) is 26.3. The van der Waals surface area contributed by atoms with Crippen molar-refractivity contribution in [2.45, 2.75) is 37.4 Å². The van der Waals surface area contributed by atoms with Gasteiger partial charge >= 0.3 is 11.9 Å². The maximum atomic E-state index is 12.6. The number of carbonyl (C=O) groups is 6. The van der Waals surface area contributed by atoms with E-state index in [1.165, 1.54) is 0 Å². The maximum absolute atomic E-state index is 12.6. The third-order valence-electron chi connectivity index (χ3n) is 4.03. The molecule has 3 atom stereocenters. The molecule has 0 saturated heterocycles. The first kappa shape index (κ1) is 30.0. The fraction of sp³-hybridized carbons (Fsp3) is 0.588. The Bertz CT molecular complexity index is 785. The second-order valence-electron chi connectivity index (χ2n) is 6.79. The van der Waals surface area contributed by atoms with Gasteiger partial charge in [-0.15, -0.1) is 0 Å². The van der Waals surface area contributed by atoms with Crippen LogP contribution in [0.2, 0.25) is 0 Å². The number of aliphatic imine (C=N–C) groups is 1. The van der Waals surface area contributed by atoms with Crippen molar-refractivity contribution < 1.29 is 44.1 Å². The molecule has 17 heteroatoms. The summed E-state index contributed by atoms with van der Waals surface area (Å²) in [6.07, 6.45) is -0.596. The summed E-state index contributed by atoms with van der Waals surface area (Å²) in [5.74, 6) is -6.77. The number of aliphatic hydroxyl groups is 1. The Labute approximate surface area is 193 Å². The molecule has 4 amide bonds. The minimum absolute atomic E-state index is 0.0237. The Morgan fingerprint density at radius 2 is 1.47 bits per heavy atom. The largest absolute Gasteiger partial charge is 0.481 e. The summed E-state index contributed by atoms with van der Waals surface area (Å²) in [4.78, 5) is 74.1. The lowest BCUT2D eigenvalue weighted by molar-refractivity contribution is -0.143. The van der Waals surface area contributed by atoms with Gasteiger partial charge in [0, 0.05) is 6.54 Å². The second kappa shape index (κ2) is 15.8. The number of nitrogens with two attached hydrogens (primary N) is 3. The summed E-state index contributed by atoms with van der Waals surface area (Å²) >= 11 is 0. The average molecular weight is 490 g/mol. The van der Waals surface area contributed by atoms with Gasteiger partial charge in [0.25, 0.3) is 0 Å². The molecule has 13 N–H and O–H groups in total. The van der Waals surface area contributed by atoms with E-state index >= 15 is 0 Å². The molecule has 0 aliphatic rings. The number of rotatable bonds is 16. The molecular formula is C17H30N8O9. The van der Waals surface area contributed by atoms with Crippen LogP contribution in [0.3, 0.4) is 0 Å². The Kier molecular flexibility index (Phi) is 13.9. The van der Waals surface area contributed by atoms with Crippen molar-refractivity contribution in [1.29, 1.82) is 0 Å². The van der Waals surface area contributed by atoms with E-state index in [-0.39, 0.29) is 25.3 Å². The SMILES string of the molecule is NCC(=O)N[C@@H](CCCN=C(N)N)C(=O)N[C@H](CC(=O)O)C(=O)NCC(=O)N[C@@H](CO)C(=O)O. The van der Waals surface area contributed by atoms with Gasteiger partial charge in [-0.05, 0) is 12.8 Å². The monoisotopic (exact) mass is 490 g/mol. The van der Waals surface area contributed by atoms with Crippen molar-refractivity contribution in [3.05, 3.63) is 0 Å². The molecule has 0 spiro atoms. The number of carbonyl (C=O) groups excluding carboxylic acids is 4. The van der Waals surface area contributed by atoms with Gasteiger partial charge in [0.05, 0.1) is 26.1 Å². The Morgan fingerprint density at radius 1 is 0.853 bits per heavy atom. The number of aliphatic carboxylic acids is 2. The standard InChI is InChI=1S/C17H30N8O9/c18-5-11(27)23-8(2-1-3-21-17(19)20)15(32)25-9(4-13(29)30)14(31)22-6-12(28)24-10(7-26)16(33)34/h8-10,26H,1-7,18H2,(H,22,31)(H,23,27)(H,24,28)(H,25,32)(H,29,30)(H,33,34)(H4,19,20,21)/t8-,9+,10-/m0/s1. The van der Waals surface area contributed by atoms with E-state index in [1.54, 1.807) is 0 Å². The van der Waals surface area contributed by atoms with Crippen molar-refractivity contribution in [2.24, 2.45) is 22.2 Å². The van der Waals surface area contributed by atoms with Crippen LogP contribution in [-0.2, 0) is 28.8 Å². The van der Waals surface area contributed by atoms with Gasteiger partial charge in [0.1, 0.15) is 18.1 Å². The maximum Gasteiger partial charge on any atom is 0.328 e. The van der Waals surface area contributed by atoms with Crippen molar-refractivity contribution >= 4 is 41.5 Å². The summed E-state index contributed by atoms with van der Waals surface area (Å²) in [5.41, 5.74) is 15.6. The molecule has 0 aliphatic carbocycles. The van der Waals surface area contributed by atoms with Crippen molar-refractivity contribution in [1.82, 2.24) is 21.3 Å². The normalized spacial score (nSPS) is 12.9. The van der Waals surface area contributed by atoms with Crippen molar-refractivity contribution in [3.63, 3.8) is 0 Å². The van der Waals surface area contributed by atoms with Crippen LogP contribution in [0.1, 0.15) is 19.3 Å². The predicted molar refractivity (Wildman–Crippen MR) is 115 cm³/mol. The number of nitrogens with zero attached hydrogens (tertiary/aromatic N) is 1. The molecule has 192 valence electrons. The van der Waals surface area contributed by atoms with Crippen LogP contribution in [0.15, 0.2) is 4.99 Å². The fourth-order valence-electron chi connectivity index (χ4n) is 2.40. The third-order valence-corrected chi connectivity index (χ3v) is 4.03. The van der Waals surface area contributed by atoms with E-state index in [2.05, 4.69) is 20.9 Å². The van der Waals surface area contributed by atoms with Crippen LogP contribution in [0.4, 0.5) is 0 Å². The van der Waals surface area contributed by atoms with Crippen LogP contribution in [-0.4, -0.2) is 101 Å². The van der Waals surface area contributed by atoms with Crippen LogP contribution in [0.25, 0.3) is 0 Å². The first-order chi connectivity index (χ1) is 15.9. The molecule has 0 aromatic rings. The summed E-state index contributed by atoms with van der Waals surface area (Å²) in [5, 5.41) is 35.2. The van der Waals surface area contributed by atoms with E-state index in [9.17, 15) is 28.8 Å². The molecule has 0 radical (unpaired) electrons.